The van der Waals surface area contributed by atoms with Crippen LogP contribution < -0.4 is 10.4 Å². The van der Waals surface area contributed by atoms with Gasteiger partial charge in [0.25, 0.3) is 0 Å². The second kappa shape index (κ2) is 5.00. The minimum absolute atomic E-state index is 0.221. The number of hydrogen-bond donors (Lipinski definition) is 0. The standard InChI is InChI=1S/C18H25BO2/c1-13-9-8-11-14-10-6-7-12-15(16(13)14)19-20-17(2,3)18(4,5)21-19/h8-11H,6-7,12H2,1-5H3. The second-order valence-corrected chi connectivity index (χ2v) is 7.25. The molecule has 1 aliphatic carbocycles. The van der Waals surface area contributed by atoms with Crippen molar-refractivity contribution in [3.63, 3.8) is 0 Å². The molecule has 112 valence electrons. The van der Waals surface area contributed by atoms with Gasteiger partial charge in [-0.25, -0.2) is 0 Å². The van der Waals surface area contributed by atoms with Crippen molar-refractivity contribution in [2.75, 3.05) is 0 Å². The van der Waals surface area contributed by atoms with Crippen molar-refractivity contribution in [1.82, 2.24) is 0 Å². The molecule has 2 aliphatic rings. The Morgan fingerprint density at radius 1 is 1.05 bits per heavy atom. The molecule has 1 fully saturated rings. The number of aryl methyl sites for hydroxylation is 1. The van der Waals surface area contributed by atoms with Gasteiger partial charge in [0.05, 0.1) is 11.2 Å². The van der Waals surface area contributed by atoms with Gasteiger partial charge in [-0.3, -0.25) is 0 Å². The normalized spacial score (nSPS) is 23.5. The van der Waals surface area contributed by atoms with Crippen LogP contribution in [0.15, 0.2) is 18.2 Å². The van der Waals surface area contributed by atoms with Gasteiger partial charge in [-0.1, -0.05) is 24.3 Å². The molecule has 0 atom stereocenters. The van der Waals surface area contributed by atoms with Gasteiger partial charge in [0, 0.05) is 0 Å². The lowest BCUT2D eigenvalue weighted by atomic mass is 9.73. The molecule has 21 heavy (non-hydrogen) atoms. The largest absolute Gasteiger partial charge is 0.491 e. The quantitative estimate of drug-likeness (QED) is 0.738. The first kappa shape index (κ1) is 14.9. The Hall–Kier alpha value is -1.06. The molecule has 3 heteroatoms. The highest BCUT2D eigenvalue weighted by molar-refractivity contribution is 6.66. The summed E-state index contributed by atoms with van der Waals surface area (Å²) in [5.74, 6) is 0. The zero-order valence-electron chi connectivity index (χ0n) is 13.8. The zero-order valence-corrected chi connectivity index (χ0v) is 13.8. The summed E-state index contributed by atoms with van der Waals surface area (Å²) in [6.45, 7) is 10.7. The maximum Gasteiger partial charge on any atom is 0.491 e. The molecule has 0 saturated carbocycles. The van der Waals surface area contributed by atoms with Gasteiger partial charge >= 0.3 is 7.12 Å². The van der Waals surface area contributed by atoms with Crippen molar-refractivity contribution in [2.45, 2.75) is 65.1 Å². The van der Waals surface area contributed by atoms with E-state index in [0.29, 0.717) is 0 Å². The van der Waals surface area contributed by atoms with Gasteiger partial charge in [-0.15, -0.1) is 0 Å². The SMILES string of the molecule is Cc1cccc2c1=C(B1OC(C)(C)C(C)(C)O1)CCCC=2. The van der Waals surface area contributed by atoms with Gasteiger partial charge in [0.1, 0.15) is 0 Å². The molecule has 0 aromatic heterocycles. The summed E-state index contributed by atoms with van der Waals surface area (Å²) in [5.41, 5.74) is 2.08. The number of rotatable bonds is 1. The zero-order chi connectivity index (χ0) is 15.3. The molecule has 1 aliphatic heterocycles. The van der Waals surface area contributed by atoms with Crippen molar-refractivity contribution in [3.8, 4) is 0 Å². The van der Waals surface area contributed by atoms with Crippen LogP contribution in [0.3, 0.4) is 0 Å². The van der Waals surface area contributed by atoms with E-state index in [0.717, 1.165) is 19.3 Å². The second-order valence-electron chi connectivity index (χ2n) is 7.25. The van der Waals surface area contributed by atoms with Crippen LogP contribution in [0.2, 0.25) is 0 Å². The molecule has 0 radical (unpaired) electrons. The van der Waals surface area contributed by atoms with Crippen molar-refractivity contribution >= 4 is 18.7 Å². The van der Waals surface area contributed by atoms with Crippen LogP contribution in [-0.4, -0.2) is 18.3 Å². The fraction of sp³-hybridized carbons (Fsp3) is 0.556. The van der Waals surface area contributed by atoms with Gasteiger partial charge in [-0.2, -0.15) is 0 Å². The van der Waals surface area contributed by atoms with Crippen LogP contribution in [0, 0.1) is 6.92 Å². The van der Waals surface area contributed by atoms with Gasteiger partial charge < -0.3 is 9.31 Å². The van der Waals surface area contributed by atoms with E-state index in [4.69, 9.17) is 9.31 Å². The van der Waals surface area contributed by atoms with E-state index in [-0.39, 0.29) is 18.3 Å². The van der Waals surface area contributed by atoms with Crippen molar-refractivity contribution < 1.29 is 9.31 Å². The monoisotopic (exact) mass is 284 g/mol. The van der Waals surface area contributed by atoms with Crippen LogP contribution in [-0.2, 0) is 9.31 Å². The highest BCUT2D eigenvalue weighted by Crippen LogP contribution is 2.39. The first-order valence-electron chi connectivity index (χ1n) is 7.96. The molecule has 1 saturated heterocycles. The summed E-state index contributed by atoms with van der Waals surface area (Å²) in [5, 5.41) is 2.67. The fourth-order valence-corrected chi connectivity index (χ4v) is 3.20. The van der Waals surface area contributed by atoms with Gasteiger partial charge in [0.2, 0.25) is 0 Å². The molecule has 3 rings (SSSR count). The lowest BCUT2D eigenvalue weighted by molar-refractivity contribution is 0.00578. The predicted octanol–water partition coefficient (Wildman–Crippen LogP) is 2.74. The first-order valence-corrected chi connectivity index (χ1v) is 7.96. The maximum absolute atomic E-state index is 6.30. The average Bonchev–Trinajstić information content (AvgIpc) is 2.55. The number of benzene rings is 1. The van der Waals surface area contributed by atoms with Crippen LogP contribution in [0.25, 0.3) is 11.5 Å². The molecule has 0 spiro atoms. The minimum Gasteiger partial charge on any atom is -0.400 e. The number of fused-ring (bicyclic) bond motifs is 1. The summed E-state index contributed by atoms with van der Waals surface area (Å²) < 4.78 is 12.6. The van der Waals surface area contributed by atoms with Crippen molar-refractivity contribution in [3.05, 3.63) is 34.2 Å². The summed E-state index contributed by atoms with van der Waals surface area (Å²) in [7, 11) is -0.221. The Balaban J connectivity index is 2.17. The van der Waals surface area contributed by atoms with Crippen molar-refractivity contribution in [2.24, 2.45) is 0 Å². The van der Waals surface area contributed by atoms with E-state index in [1.807, 2.05) is 0 Å². The molecule has 0 amide bonds. The van der Waals surface area contributed by atoms with Gasteiger partial charge in [0.15, 0.2) is 0 Å². The van der Waals surface area contributed by atoms with Gasteiger partial charge in [-0.05, 0) is 75.4 Å². The molecular formula is C18H25BO2. The summed E-state index contributed by atoms with van der Waals surface area (Å²) in [6.07, 6.45) is 5.68. The van der Waals surface area contributed by atoms with E-state index in [1.54, 1.807) is 0 Å². The molecule has 0 N–H and O–H groups in total. The Morgan fingerprint density at radius 3 is 2.38 bits per heavy atom. The summed E-state index contributed by atoms with van der Waals surface area (Å²) in [6, 6.07) is 6.53. The van der Waals surface area contributed by atoms with Crippen LogP contribution in [0.1, 0.15) is 52.5 Å². The molecular weight excluding hydrogens is 259 g/mol. The molecule has 0 bridgehead atoms. The van der Waals surface area contributed by atoms with E-state index >= 15 is 0 Å². The smallest absolute Gasteiger partial charge is 0.400 e. The third-order valence-electron chi connectivity index (χ3n) is 5.18. The highest BCUT2D eigenvalue weighted by atomic mass is 16.7. The lowest BCUT2D eigenvalue weighted by Gasteiger charge is -2.32. The van der Waals surface area contributed by atoms with E-state index in [9.17, 15) is 0 Å². The van der Waals surface area contributed by atoms with E-state index < -0.39 is 0 Å². The van der Waals surface area contributed by atoms with Crippen LogP contribution >= 0.6 is 0 Å². The summed E-state index contributed by atoms with van der Waals surface area (Å²) >= 11 is 0. The molecule has 1 aromatic rings. The van der Waals surface area contributed by atoms with Crippen molar-refractivity contribution in [1.29, 1.82) is 0 Å². The molecule has 1 aromatic carbocycles. The average molecular weight is 284 g/mol. The van der Waals surface area contributed by atoms with Crippen LogP contribution in [0.4, 0.5) is 0 Å². The Bertz CT molecular complexity index is 657. The lowest BCUT2D eigenvalue weighted by Crippen LogP contribution is -2.41. The topological polar surface area (TPSA) is 18.5 Å². The third kappa shape index (κ3) is 2.47. The Morgan fingerprint density at radius 2 is 1.71 bits per heavy atom. The summed E-state index contributed by atoms with van der Waals surface area (Å²) in [4.78, 5) is 0. The van der Waals surface area contributed by atoms with E-state index in [1.165, 1.54) is 21.5 Å². The maximum atomic E-state index is 6.30. The highest BCUT2D eigenvalue weighted by Gasteiger charge is 2.52. The Labute approximate surface area is 128 Å². The van der Waals surface area contributed by atoms with E-state index in [2.05, 4.69) is 58.9 Å². The fourth-order valence-electron chi connectivity index (χ4n) is 3.20. The third-order valence-corrected chi connectivity index (χ3v) is 5.18. The minimum atomic E-state index is -0.274. The molecule has 0 unspecified atom stereocenters. The Kier molecular flexibility index (Phi) is 3.54. The molecule has 1 heterocycles. The molecule has 2 nitrogen and oxygen atoms in total. The predicted molar refractivity (Wildman–Crippen MR) is 88.2 cm³/mol. The first-order chi connectivity index (χ1) is 9.82. The number of hydrogen-bond acceptors (Lipinski definition) is 2. The van der Waals surface area contributed by atoms with Crippen LogP contribution in [0.5, 0.6) is 0 Å².